The van der Waals surface area contributed by atoms with Gasteiger partial charge in [-0.3, -0.25) is 9.69 Å². The van der Waals surface area contributed by atoms with E-state index in [9.17, 15) is 4.79 Å². The second-order valence-corrected chi connectivity index (χ2v) is 4.70. The van der Waals surface area contributed by atoms with Crippen molar-refractivity contribution in [2.75, 3.05) is 7.11 Å². The molecule has 3 nitrogen and oxygen atoms in total. The van der Waals surface area contributed by atoms with Crippen LogP contribution in [0.3, 0.4) is 0 Å². The summed E-state index contributed by atoms with van der Waals surface area (Å²) in [5.74, 6) is -0.104. The molecule has 0 amide bonds. The lowest BCUT2D eigenvalue weighted by molar-refractivity contribution is -0.162. The van der Waals surface area contributed by atoms with Gasteiger partial charge in [-0.2, -0.15) is 0 Å². The van der Waals surface area contributed by atoms with Crippen LogP contribution < -0.4 is 0 Å². The Bertz CT molecular complexity index is 207. The number of likely N-dealkylation sites (tertiary alicyclic amines) is 1. The van der Waals surface area contributed by atoms with Crippen LogP contribution >= 0.6 is 0 Å². The van der Waals surface area contributed by atoms with Gasteiger partial charge in [-0.25, -0.2) is 0 Å². The summed E-state index contributed by atoms with van der Waals surface area (Å²) in [6.45, 7) is 8.51. The number of carbonyl (C=O) groups excluding carboxylic acids is 1. The molecule has 0 aromatic heterocycles. The van der Waals surface area contributed by atoms with Crippen molar-refractivity contribution in [1.82, 2.24) is 4.90 Å². The largest absolute Gasteiger partial charge is 0.468 e. The lowest BCUT2D eigenvalue weighted by atomic mass is 9.87. The molecule has 1 aliphatic heterocycles. The fourth-order valence-corrected chi connectivity index (χ4v) is 2.19. The van der Waals surface area contributed by atoms with E-state index in [4.69, 9.17) is 4.74 Å². The molecule has 1 unspecified atom stereocenters. The third kappa shape index (κ3) is 1.85. The summed E-state index contributed by atoms with van der Waals surface area (Å²) in [6, 6.07) is 0.462. The quantitative estimate of drug-likeness (QED) is 0.579. The average molecular weight is 185 g/mol. The van der Waals surface area contributed by atoms with Gasteiger partial charge in [-0.05, 0) is 34.1 Å². The van der Waals surface area contributed by atoms with Gasteiger partial charge in [-0.1, -0.05) is 0 Å². The fourth-order valence-electron chi connectivity index (χ4n) is 2.19. The predicted octanol–water partition coefficient (Wildman–Crippen LogP) is 1.42. The summed E-state index contributed by atoms with van der Waals surface area (Å²) in [4.78, 5) is 13.5. The molecule has 0 spiro atoms. The molecule has 76 valence electrons. The molecule has 0 aromatic rings. The number of hydrogen-bond donors (Lipinski definition) is 0. The molecular formula is C10H19NO2. The molecule has 1 fully saturated rings. The van der Waals surface area contributed by atoms with Crippen molar-refractivity contribution < 1.29 is 9.53 Å². The molecule has 2 atom stereocenters. The Morgan fingerprint density at radius 2 is 2.00 bits per heavy atom. The Labute approximate surface area is 80.1 Å². The lowest BCUT2D eigenvalue weighted by Crippen LogP contribution is -2.65. The average Bonchev–Trinajstić information content (AvgIpc) is 1.95. The number of methoxy groups -OCH3 is 1. The Kier molecular flexibility index (Phi) is 2.66. The highest BCUT2D eigenvalue weighted by Crippen LogP contribution is 2.33. The summed E-state index contributed by atoms with van der Waals surface area (Å²) in [5.41, 5.74) is 0.0521. The maximum atomic E-state index is 11.3. The van der Waals surface area contributed by atoms with Gasteiger partial charge in [0.05, 0.1) is 7.11 Å². The number of hydrogen-bond acceptors (Lipinski definition) is 3. The predicted molar refractivity (Wildman–Crippen MR) is 51.5 cm³/mol. The van der Waals surface area contributed by atoms with E-state index in [1.807, 2.05) is 0 Å². The second kappa shape index (κ2) is 3.29. The highest BCUT2D eigenvalue weighted by Gasteiger charge is 2.46. The first-order valence-corrected chi connectivity index (χ1v) is 4.74. The lowest BCUT2D eigenvalue weighted by Gasteiger charge is -2.52. The molecule has 0 N–H and O–H groups in total. The molecule has 0 aromatic carbocycles. The van der Waals surface area contributed by atoms with E-state index < -0.39 is 0 Å². The zero-order chi connectivity index (χ0) is 10.2. The molecule has 1 saturated heterocycles. The summed E-state index contributed by atoms with van der Waals surface area (Å²) in [5, 5.41) is 0. The van der Waals surface area contributed by atoms with Gasteiger partial charge in [0, 0.05) is 11.6 Å². The highest BCUT2D eigenvalue weighted by atomic mass is 16.5. The van der Waals surface area contributed by atoms with Crippen LogP contribution in [0.4, 0.5) is 0 Å². The Hall–Kier alpha value is -0.570. The number of nitrogens with zero attached hydrogens (tertiary/aromatic N) is 1. The van der Waals surface area contributed by atoms with Crippen LogP contribution in [0.5, 0.6) is 0 Å². The van der Waals surface area contributed by atoms with Gasteiger partial charge in [0.2, 0.25) is 0 Å². The van der Waals surface area contributed by atoms with Crippen LogP contribution in [-0.4, -0.2) is 35.6 Å². The topological polar surface area (TPSA) is 29.5 Å². The van der Waals surface area contributed by atoms with Crippen molar-refractivity contribution >= 4 is 5.97 Å². The number of carbonyl (C=O) groups is 1. The molecular weight excluding hydrogens is 166 g/mol. The first-order valence-electron chi connectivity index (χ1n) is 4.74. The zero-order valence-electron chi connectivity index (χ0n) is 9.13. The van der Waals surface area contributed by atoms with Gasteiger partial charge in [-0.15, -0.1) is 0 Å². The van der Waals surface area contributed by atoms with Gasteiger partial charge < -0.3 is 4.74 Å². The van der Waals surface area contributed by atoms with Crippen LogP contribution in [0.2, 0.25) is 0 Å². The Morgan fingerprint density at radius 1 is 1.46 bits per heavy atom. The van der Waals surface area contributed by atoms with Crippen molar-refractivity contribution in [1.29, 1.82) is 0 Å². The van der Waals surface area contributed by atoms with Crippen LogP contribution in [0.15, 0.2) is 0 Å². The molecule has 0 saturated carbocycles. The van der Waals surface area contributed by atoms with E-state index in [1.165, 1.54) is 7.11 Å². The van der Waals surface area contributed by atoms with Crippen molar-refractivity contribution in [3.63, 3.8) is 0 Å². The van der Waals surface area contributed by atoms with Gasteiger partial charge >= 0.3 is 5.97 Å². The third-order valence-electron chi connectivity index (χ3n) is 2.62. The maximum Gasteiger partial charge on any atom is 0.323 e. The molecule has 0 aliphatic carbocycles. The Morgan fingerprint density at radius 3 is 2.31 bits per heavy atom. The van der Waals surface area contributed by atoms with Crippen molar-refractivity contribution in [3.05, 3.63) is 0 Å². The van der Waals surface area contributed by atoms with E-state index in [2.05, 4.69) is 32.6 Å². The molecule has 0 bridgehead atoms. The van der Waals surface area contributed by atoms with Crippen LogP contribution in [-0.2, 0) is 9.53 Å². The van der Waals surface area contributed by atoms with Crippen molar-refractivity contribution in [2.24, 2.45) is 0 Å². The van der Waals surface area contributed by atoms with E-state index in [-0.39, 0.29) is 17.6 Å². The normalized spacial score (nSPS) is 29.6. The third-order valence-corrected chi connectivity index (χ3v) is 2.62. The number of rotatable bonds is 1. The minimum Gasteiger partial charge on any atom is -0.468 e. The standard InChI is InChI=1S/C10H19NO2/c1-7-6-8(9(12)13-5)11(7)10(2,3)4/h7-8H,6H2,1-5H3/t7-,8?/m0/s1. The van der Waals surface area contributed by atoms with E-state index in [0.29, 0.717) is 6.04 Å². The van der Waals surface area contributed by atoms with E-state index >= 15 is 0 Å². The summed E-state index contributed by atoms with van der Waals surface area (Å²) in [6.07, 6.45) is 0.921. The SMILES string of the molecule is COC(=O)C1C[C@H](C)N1C(C)(C)C. The summed E-state index contributed by atoms with van der Waals surface area (Å²) < 4.78 is 4.75. The summed E-state index contributed by atoms with van der Waals surface area (Å²) in [7, 11) is 1.45. The molecule has 1 heterocycles. The minimum atomic E-state index is -0.104. The molecule has 13 heavy (non-hydrogen) atoms. The smallest absolute Gasteiger partial charge is 0.323 e. The van der Waals surface area contributed by atoms with Crippen LogP contribution in [0.25, 0.3) is 0 Å². The first-order chi connectivity index (χ1) is 5.88. The van der Waals surface area contributed by atoms with Gasteiger partial charge in [0.25, 0.3) is 0 Å². The van der Waals surface area contributed by atoms with Gasteiger partial charge in [0.15, 0.2) is 0 Å². The van der Waals surface area contributed by atoms with Crippen molar-refractivity contribution in [2.45, 2.75) is 51.7 Å². The van der Waals surface area contributed by atoms with Crippen LogP contribution in [0, 0.1) is 0 Å². The number of esters is 1. The zero-order valence-corrected chi connectivity index (χ0v) is 9.13. The monoisotopic (exact) mass is 185 g/mol. The fraction of sp³-hybridized carbons (Fsp3) is 0.900. The first kappa shape index (κ1) is 10.5. The summed E-state index contributed by atoms with van der Waals surface area (Å²) >= 11 is 0. The molecule has 0 radical (unpaired) electrons. The van der Waals surface area contributed by atoms with Crippen molar-refractivity contribution in [3.8, 4) is 0 Å². The van der Waals surface area contributed by atoms with Gasteiger partial charge in [0.1, 0.15) is 6.04 Å². The molecule has 3 heteroatoms. The van der Waals surface area contributed by atoms with E-state index in [1.54, 1.807) is 0 Å². The second-order valence-electron chi connectivity index (χ2n) is 4.70. The highest BCUT2D eigenvalue weighted by molar-refractivity contribution is 5.77. The molecule has 1 aliphatic rings. The maximum absolute atomic E-state index is 11.3. The minimum absolute atomic E-state index is 0.0278. The van der Waals surface area contributed by atoms with E-state index in [0.717, 1.165) is 6.42 Å². The van der Waals surface area contributed by atoms with Crippen LogP contribution in [0.1, 0.15) is 34.1 Å². The number of ether oxygens (including phenoxy) is 1. The molecule has 1 rings (SSSR count). The Balaban J connectivity index is 2.67.